The molecule has 214 valence electrons. The van der Waals surface area contributed by atoms with Crippen LogP contribution in [0.3, 0.4) is 0 Å². The highest BCUT2D eigenvalue weighted by atomic mass is 16.7. The average Bonchev–Trinajstić information content (AvgIpc) is 2.93. The van der Waals surface area contributed by atoms with Gasteiger partial charge in [-0.25, -0.2) is 0 Å². The van der Waals surface area contributed by atoms with Crippen molar-refractivity contribution in [2.45, 2.75) is 75.7 Å². The monoisotopic (exact) mass is 547 g/mol. The van der Waals surface area contributed by atoms with E-state index >= 15 is 0 Å². The molecule has 39 heavy (non-hydrogen) atoms. The van der Waals surface area contributed by atoms with Gasteiger partial charge in [-0.1, -0.05) is 26.0 Å². The Bertz CT molecular complexity index is 1080. The number of carbonyl (C=O) groups is 1. The van der Waals surface area contributed by atoms with Gasteiger partial charge in [-0.2, -0.15) is 0 Å². The Morgan fingerprint density at radius 1 is 0.949 bits per heavy atom. The molecule has 11 nitrogen and oxygen atoms in total. The van der Waals surface area contributed by atoms with Crippen molar-refractivity contribution < 1.29 is 49.3 Å². The molecule has 2 saturated heterocycles. The highest BCUT2D eigenvalue weighted by Gasteiger charge is 2.44. The van der Waals surface area contributed by atoms with E-state index in [1.54, 1.807) is 48.5 Å². The Morgan fingerprint density at radius 3 is 2.31 bits per heavy atom. The third kappa shape index (κ3) is 7.33. The van der Waals surface area contributed by atoms with Gasteiger partial charge in [-0.05, 0) is 42.0 Å². The number of amides is 1. The number of aliphatic hydroxyl groups is 5. The van der Waals surface area contributed by atoms with E-state index in [1.807, 2.05) is 13.8 Å². The molecule has 2 aromatic rings. The number of hydrogen-bond donors (Lipinski definition) is 6. The van der Waals surface area contributed by atoms with E-state index in [1.165, 1.54) is 0 Å². The summed E-state index contributed by atoms with van der Waals surface area (Å²) in [6.07, 6.45) is -7.99. The maximum absolute atomic E-state index is 11.9. The lowest BCUT2D eigenvalue weighted by molar-refractivity contribution is -0.309. The summed E-state index contributed by atoms with van der Waals surface area (Å²) in [6, 6.07) is 13.9. The molecule has 2 aliphatic rings. The Morgan fingerprint density at radius 2 is 1.64 bits per heavy atom. The fraction of sp³-hybridized carbons (Fsp3) is 0.536. The number of nitrogens with one attached hydrogen (secondary N) is 1. The summed E-state index contributed by atoms with van der Waals surface area (Å²) < 4.78 is 23.4. The van der Waals surface area contributed by atoms with Gasteiger partial charge in [0.1, 0.15) is 29.8 Å². The van der Waals surface area contributed by atoms with Gasteiger partial charge in [-0.15, -0.1) is 0 Å². The smallest absolute Gasteiger partial charge is 0.226 e. The van der Waals surface area contributed by atoms with Gasteiger partial charge in [0, 0.05) is 24.4 Å². The summed E-state index contributed by atoms with van der Waals surface area (Å²) >= 11 is 0. The largest absolute Gasteiger partial charge is 0.457 e. The highest BCUT2D eigenvalue weighted by Crippen LogP contribution is 2.37. The summed E-state index contributed by atoms with van der Waals surface area (Å²) in [5.74, 6) is 0.793. The predicted octanol–water partition coefficient (Wildman–Crippen LogP) is 1.47. The summed E-state index contributed by atoms with van der Waals surface area (Å²) in [4.78, 5) is 11.9. The van der Waals surface area contributed by atoms with Gasteiger partial charge in [0.15, 0.2) is 6.29 Å². The molecule has 2 fully saturated rings. The molecule has 4 rings (SSSR count). The summed E-state index contributed by atoms with van der Waals surface area (Å²) in [7, 11) is 0. The van der Waals surface area contributed by atoms with Crippen LogP contribution in [0.25, 0.3) is 0 Å². The minimum absolute atomic E-state index is 0.0534. The first kappa shape index (κ1) is 29.4. The van der Waals surface area contributed by atoms with Gasteiger partial charge in [0.2, 0.25) is 5.91 Å². The molecule has 2 aliphatic heterocycles. The van der Waals surface area contributed by atoms with Crippen molar-refractivity contribution >= 4 is 11.6 Å². The third-order valence-corrected chi connectivity index (χ3v) is 6.81. The molecule has 0 bridgehead atoms. The van der Waals surface area contributed by atoms with Gasteiger partial charge >= 0.3 is 0 Å². The highest BCUT2D eigenvalue weighted by molar-refractivity contribution is 5.92. The van der Waals surface area contributed by atoms with Crippen molar-refractivity contribution in [3.05, 3.63) is 54.1 Å². The normalized spacial score (nSPS) is 31.2. The van der Waals surface area contributed by atoms with Crippen molar-refractivity contribution in [1.29, 1.82) is 0 Å². The average molecular weight is 548 g/mol. The van der Waals surface area contributed by atoms with E-state index < -0.39 is 49.0 Å². The number of carbonyl (C=O) groups excluding carboxylic acids is 1. The number of anilines is 1. The first-order valence-corrected chi connectivity index (χ1v) is 13.1. The van der Waals surface area contributed by atoms with Crippen molar-refractivity contribution in [3.8, 4) is 11.5 Å². The maximum atomic E-state index is 11.9. The Balaban J connectivity index is 1.46. The minimum atomic E-state index is -1.37. The first-order valence-electron chi connectivity index (χ1n) is 13.1. The second kappa shape index (κ2) is 13.2. The van der Waals surface area contributed by atoms with Crippen LogP contribution in [0.5, 0.6) is 11.5 Å². The minimum Gasteiger partial charge on any atom is -0.457 e. The van der Waals surface area contributed by atoms with E-state index in [9.17, 15) is 30.3 Å². The van der Waals surface area contributed by atoms with Crippen LogP contribution in [-0.2, 0) is 19.0 Å². The van der Waals surface area contributed by atoms with Gasteiger partial charge < -0.3 is 49.8 Å². The molecule has 0 aromatic heterocycles. The molecule has 0 saturated carbocycles. The van der Waals surface area contributed by atoms with E-state index in [-0.39, 0.29) is 37.9 Å². The Kier molecular flexibility index (Phi) is 9.91. The predicted molar refractivity (Wildman–Crippen MR) is 139 cm³/mol. The van der Waals surface area contributed by atoms with Crippen molar-refractivity contribution in [2.24, 2.45) is 5.92 Å². The van der Waals surface area contributed by atoms with E-state index in [2.05, 4.69) is 5.32 Å². The molecule has 2 heterocycles. The zero-order valence-corrected chi connectivity index (χ0v) is 21.9. The molecule has 11 heteroatoms. The molecular formula is C28H37NO10. The van der Waals surface area contributed by atoms with Crippen molar-refractivity contribution in [1.82, 2.24) is 0 Å². The summed E-state index contributed by atoms with van der Waals surface area (Å²) in [5, 5.41) is 53.7. The molecule has 0 aliphatic carbocycles. The van der Waals surface area contributed by atoms with E-state index in [0.717, 1.165) is 0 Å². The molecule has 0 spiro atoms. The Hall–Kier alpha value is -2.61. The fourth-order valence-corrected chi connectivity index (χ4v) is 4.57. The molecule has 1 unspecified atom stereocenters. The number of aliphatic hydroxyl groups excluding tert-OH is 5. The molecule has 8 atom stereocenters. The van der Waals surface area contributed by atoms with Crippen LogP contribution in [0.2, 0.25) is 0 Å². The first-order chi connectivity index (χ1) is 18.7. The lowest BCUT2D eigenvalue weighted by Crippen LogP contribution is -2.54. The van der Waals surface area contributed by atoms with Crippen LogP contribution in [0.1, 0.15) is 38.4 Å². The molecule has 2 aromatic carbocycles. The number of ether oxygens (including phenoxy) is 4. The van der Waals surface area contributed by atoms with Crippen LogP contribution in [0.4, 0.5) is 5.69 Å². The zero-order chi connectivity index (χ0) is 28.1. The van der Waals surface area contributed by atoms with Crippen LogP contribution in [0.15, 0.2) is 48.5 Å². The summed E-state index contributed by atoms with van der Waals surface area (Å²) in [5.41, 5.74) is 1.23. The maximum Gasteiger partial charge on any atom is 0.226 e. The fourth-order valence-electron chi connectivity index (χ4n) is 4.57. The Labute approximate surface area is 226 Å². The van der Waals surface area contributed by atoms with Crippen LogP contribution in [0, 0.1) is 5.92 Å². The second-order valence-corrected chi connectivity index (χ2v) is 10.2. The van der Waals surface area contributed by atoms with Crippen molar-refractivity contribution in [2.75, 3.05) is 18.5 Å². The summed E-state index contributed by atoms with van der Waals surface area (Å²) in [6.45, 7) is 2.95. The van der Waals surface area contributed by atoms with E-state index in [4.69, 9.17) is 18.9 Å². The molecule has 1 amide bonds. The quantitative estimate of drug-likeness (QED) is 0.271. The van der Waals surface area contributed by atoms with Crippen LogP contribution in [-0.4, -0.2) is 87.6 Å². The zero-order valence-electron chi connectivity index (χ0n) is 21.9. The standard InChI is InChI=1S/C28H37NO10/c1-15(2)27(35)29-17-6-8-18(9-7-17)36-19-5-3-4-16(10-19)26-25(34)23(12-21(14-31)37-26)39-28-24(33)22(32)11-20(13-30)38-28/h3-10,15,20-26,28,30-34H,11-14H2,1-2H3,(H,29,35)/t20-,21-,22-,23-,24-,25-,26+,28?/m0/s1. The van der Waals surface area contributed by atoms with Crippen molar-refractivity contribution in [3.63, 3.8) is 0 Å². The molecular weight excluding hydrogens is 510 g/mol. The topological polar surface area (TPSA) is 167 Å². The third-order valence-electron chi connectivity index (χ3n) is 6.81. The number of rotatable bonds is 9. The van der Waals surface area contributed by atoms with E-state index in [0.29, 0.717) is 22.7 Å². The molecule has 0 radical (unpaired) electrons. The van der Waals surface area contributed by atoms with Gasteiger partial charge in [-0.3, -0.25) is 4.79 Å². The second-order valence-electron chi connectivity index (χ2n) is 10.2. The van der Waals surface area contributed by atoms with Gasteiger partial charge in [0.05, 0.1) is 37.6 Å². The SMILES string of the molecule is CC(C)C(=O)Nc1ccc(Oc2cccc([C@H]3O[C@H](CO)C[C@H](OC4O[C@H](CO)C[C@H](O)[C@@H]4O)[C@@H]3O)c2)cc1. The van der Waals surface area contributed by atoms with Crippen LogP contribution < -0.4 is 10.1 Å². The van der Waals surface area contributed by atoms with Gasteiger partial charge in [0.25, 0.3) is 0 Å². The number of hydrogen-bond acceptors (Lipinski definition) is 10. The molecule has 6 N–H and O–H groups in total. The van der Waals surface area contributed by atoms with Crippen LogP contribution >= 0.6 is 0 Å². The number of benzene rings is 2. The lowest BCUT2D eigenvalue weighted by atomic mass is 9.92. The lowest BCUT2D eigenvalue weighted by Gasteiger charge is -2.43.